The molecule has 2 aromatic carbocycles. The maximum absolute atomic E-state index is 13.4. The first-order valence-electron chi connectivity index (χ1n) is 13.4. The van der Waals surface area contributed by atoms with Crippen molar-refractivity contribution < 1.29 is 28.6 Å². The number of nitrogens with zero attached hydrogens (tertiary/aromatic N) is 3. The number of aryl methyl sites for hydroxylation is 1. The number of methoxy groups -OCH3 is 1. The Labute approximate surface area is 242 Å². The van der Waals surface area contributed by atoms with Gasteiger partial charge in [0.2, 0.25) is 11.8 Å². The molecule has 3 aliphatic heterocycles. The zero-order valence-electron chi connectivity index (χ0n) is 23.2. The molecule has 0 aliphatic carbocycles. The van der Waals surface area contributed by atoms with E-state index in [1.54, 1.807) is 27.1 Å². The van der Waals surface area contributed by atoms with Crippen LogP contribution in [0.5, 0.6) is 17.2 Å². The highest BCUT2D eigenvalue weighted by Gasteiger charge is 2.28. The number of carbonyl (C=O) groups excluding carboxylic acids is 3. The summed E-state index contributed by atoms with van der Waals surface area (Å²) in [6.07, 6.45) is 0.716. The van der Waals surface area contributed by atoms with Crippen molar-refractivity contribution in [1.29, 1.82) is 0 Å². The summed E-state index contributed by atoms with van der Waals surface area (Å²) in [6.45, 7) is 2.49. The summed E-state index contributed by atoms with van der Waals surface area (Å²) in [5.74, 6) is 0.570. The molecule has 4 heterocycles. The van der Waals surface area contributed by atoms with Crippen LogP contribution < -0.4 is 24.8 Å². The normalized spacial score (nSPS) is 17.8. The van der Waals surface area contributed by atoms with E-state index in [1.807, 2.05) is 30.3 Å². The van der Waals surface area contributed by atoms with E-state index in [0.29, 0.717) is 35.1 Å². The van der Waals surface area contributed by atoms with Crippen LogP contribution in [0.3, 0.4) is 0 Å². The molecule has 2 N–H and O–H groups in total. The Morgan fingerprint density at radius 1 is 1.12 bits per heavy atom. The van der Waals surface area contributed by atoms with Crippen molar-refractivity contribution in [2.75, 3.05) is 45.3 Å². The number of halogens is 1. The van der Waals surface area contributed by atoms with Crippen molar-refractivity contribution in [3.8, 4) is 17.2 Å². The summed E-state index contributed by atoms with van der Waals surface area (Å²) in [5.41, 5.74) is 3.31. The average molecular weight is 582 g/mol. The van der Waals surface area contributed by atoms with Crippen LogP contribution in [0.4, 0.5) is 5.69 Å². The van der Waals surface area contributed by atoms with Crippen LogP contribution in [0, 0.1) is 6.92 Å². The van der Waals surface area contributed by atoms with Crippen LogP contribution >= 0.6 is 11.6 Å². The van der Waals surface area contributed by atoms with Gasteiger partial charge in [-0.1, -0.05) is 23.7 Å². The van der Waals surface area contributed by atoms with Gasteiger partial charge in [-0.25, -0.2) is 0 Å². The van der Waals surface area contributed by atoms with Gasteiger partial charge in [0, 0.05) is 37.7 Å². The number of anilines is 1. The average Bonchev–Trinajstić information content (AvgIpc) is 3.22. The van der Waals surface area contributed by atoms with Gasteiger partial charge in [-0.3, -0.25) is 19.1 Å². The summed E-state index contributed by atoms with van der Waals surface area (Å²) in [5, 5.41) is 10.2. The van der Waals surface area contributed by atoms with Gasteiger partial charge in [0.25, 0.3) is 5.91 Å². The molecular weight excluding hydrogens is 550 g/mol. The maximum Gasteiger partial charge on any atom is 0.276 e. The SMILES string of the molecule is COc1ccc2cc1OCCCN(C(=O)c1nn(C)c(C)c1Cl)CC(=O)NCCOc1ccc3c(c1)NC(=O)CC23. The lowest BCUT2D eigenvalue weighted by molar-refractivity contribution is -0.122. The molecule has 0 saturated heterocycles. The van der Waals surface area contributed by atoms with Gasteiger partial charge in [0.15, 0.2) is 17.2 Å². The molecule has 0 saturated carbocycles. The zero-order chi connectivity index (χ0) is 29.1. The second kappa shape index (κ2) is 12.1. The van der Waals surface area contributed by atoms with E-state index < -0.39 is 5.91 Å². The van der Waals surface area contributed by atoms with E-state index in [4.69, 9.17) is 25.8 Å². The lowest BCUT2D eigenvalue weighted by atomic mass is 9.84. The van der Waals surface area contributed by atoms with E-state index in [0.717, 1.165) is 11.1 Å². The van der Waals surface area contributed by atoms with Crippen molar-refractivity contribution in [3.63, 3.8) is 0 Å². The van der Waals surface area contributed by atoms with Gasteiger partial charge in [-0.05, 0) is 42.7 Å². The molecule has 41 heavy (non-hydrogen) atoms. The Morgan fingerprint density at radius 2 is 1.95 bits per heavy atom. The molecule has 6 bridgehead atoms. The van der Waals surface area contributed by atoms with Gasteiger partial charge in [0.1, 0.15) is 12.4 Å². The van der Waals surface area contributed by atoms with Crippen LogP contribution in [-0.4, -0.2) is 72.4 Å². The van der Waals surface area contributed by atoms with E-state index in [9.17, 15) is 14.4 Å². The second-order valence-electron chi connectivity index (χ2n) is 9.96. The van der Waals surface area contributed by atoms with Crippen molar-refractivity contribution >= 4 is 35.0 Å². The Balaban J connectivity index is 1.43. The highest BCUT2D eigenvalue weighted by atomic mass is 35.5. The first-order valence-corrected chi connectivity index (χ1v) is 13.8. The Morgan fingerprint density at radius 3 is 2.71 bits per heavy atom. The van der Waals surface area contributed by atoms with Crippen LogP contribution in [0.1, 0.15) is 46.1 Å². The number of carbonyl (C=O) groups is 3. The van der Waals surface area contributed by atoms with E-state index in [2.05, 4.69) is 15.7 Å². The fraction of sp³-hybridized carbons (Fsp3) is 0.379. The minimum absolute atomic E-state index is 0.0928. The number of benzene rings is 2. The van der Waals surface area contributed by atoms with Crippen molar-refractivity contribution in [2.45, 2.75) is 25.7 Å². The van der Waals surface area contributed by atoms with Crippen molar-refractivity contribution in [1.82, 2.24) is 20.0 Å². The number of nitrogens with one attached hydrogen (secondary N) is 2. The highest BCUT2D eigenvalue weighted by molar-refractivity contribution is 6.34. The quantitative estimate of drug-likeness (QED) is 0.445. The Hall–Kier alpha value is -4.25. The minimum Gasteiger partial charge on any atom is -0.493 e. The van der Waals surface area contributed by atoms with Crippen LogP contribution in [0.2, 0.25) is 5.02 Å². The first-order chi connectivity index (χ1) is 19.7. The van der Waals surface area contributed by atoms with Gasteiger partial charge < -0.3 is 29.7 Å². The summed E-state index contributed by atoms with van der Waals surface area (Å²) < 4.78 is 19.0. The molecule has 6 rings (SSSR count). The molecule has 11 nitrogen and oxygen atoms in total. The molecule has 3 amide bonds. The first kappa shape index (κ1) is 28.3. The number of hydrogen-bond acceptors (Lipinski definition) is 7. The summed E-state index contributed by atoms with van der Waals surface area (Å²) in [4.78, 5) is 40.2. The number of amides is 3. The molecule has 1 atom stereocenters. The molecule has 3 aliphatic rings. The fourth-order valence-corrected chi connectivity index (χ4v) is 5.24. The third-order valence-corrected chi connectivity index (χ3v) is 7.71. The van der Waals surface area contributed by atoms with E-state index in [-0.39, 0.29) is 67.7 Å². The predicted molar refractivity (Wildman–Crippen MR) is 152 cm³/mol. The monoisotopic (exact) mass is 581 g/mol. The topological polar surface area (TPSA) is 124 Å². The van der Waals surface area contributed by atoms with Crippen molar-refractivity contribution in [2.24, 2.45) is 7.05 Å². The largest absolute Gasteiger partial charge is 0.493 e. The third-order valence-electron chi connectivity index (χ3n) is 7.26. The molecule has 12 heteroatoms. The minimum atomic E-state index is -0.443. The zero-order valence-corrected chi connectivity index (χ0v) is 23.9. The Kier molecular flexibility index (Phi) is 8.34. The number of hydrogen-bond donors (Lipinski definition) is 2. The summed E-state index contributed by atoms with van der Waals surface area (Å²) in [6, 6.07) is 11.2. The highest BCUT2D eigenvalue weighted by Crippen LogP contribution is 2.41. The second-order valence-corrected chi connectivity index (χ2v) is 10.3. The fourth-order valence-electron chi connectivity index (χ4n) is 5.00. The van der Waals surface area contributed by atoms with Gasteiger partial charge in [-0.15, -0.1) is 0 Å². The molecule has 0 spiro atoms. The predicted octanol–water partition coefficient (Wildman–Crippen LogP) is 3.28. The summed E-state index contributed by atoms with van der Waals surface area (Å²) >= 11 is 6.38. The number of rotatable bonds is 2. The smallest absolute Gasteiger partial charge is 0.276 e. The third kappa shape index (κ3) is 6.09. The van der Waals surface area contributed by atoms with Gasteiger partial charge in [-0.2, -0.15) is 5.10 Å². The van der Waals surface area contributed by atoms with Gasteiger partial charge >= 0.3 is 0 Å². The summed E-state index contributed by atoms with van der Waals surface area (Å²) in [7, 11) is 3.27. The van der Waals surface area contributed by atoms with Crippen LogP contribution in [0.15, 0.2) is 36.4 Å². The van der Waals surface area contributed by atoms with Crippen LogP contribution in [-0.2, 0) is 16.6 Å². The molecule has 0 radical (unpaired) electrons. The van der Waals surface area contributed by atoms with Gasteiger partial charge in [0.05, 0.1) is 37.5 Å². The lowest BCUT2D eigenvalue weighted by Gasteiger charge is -2.27. The molecule has 3 aromatic rings. The van der Waals surface area contributed by atoms with Crippen LogP contribution in [0.25, 0.3) is 0 Å². The number of fused-ring (bicyclic) bond motifs is 11. The number of ether oxygens (including phenoxy) is 3. The lowest BCUT2D eigenvalue weighted by Crippen LogP contribution is -2.42. The molecule has 1 aromatic heterocycles. The van der Waals surface area contributed by atoms with E-state index >= 15 is 0 Å². The standard InChI is InChI=1S/C29H32ClN5O6/c1-17-27(30)28(33-34(17)2)29(38)35-10-4-11-41-24-13-18(5-8-23(24)39-3)21-15-25(36)32-22-14-19(6-7-20(21)22)40-12-9-31-26(37)16-35/h5-8,13-14,21H,4,9-12,15-16H2,1-3H3,(H,31,37)(H,32,36). The van der Waals surface area contributed by atoms with Crippen molar-refractivity contribution in [3.05, 3.63) is 63.9 Å². The number of aromatic nitrogens is 2. The molecular formula is C29H32ClN5O6. The molecule has 216 valence electrons. The maximum atomic E-state index is 13.4. The van der Waals surface area contributed by atoms with E-state index in [1.165, 1.54) is 9.58 Å². The molecule has 1 unspecified atom stereocenters. The Bertz CT molecular complexity index is 1490. The molecule has 0 fully saturated rings.